The van der Waals surface area contributed by atoms with E-state index in [-0.39, 0.29) is 11.9 Å². The summed E-state index contributed by atoms with van der Waals surface area (Å²) in [7, 11) is -3.67. The van der Waals surface area contributed by atoms with Gasteiger partial charge >= 0.3 is 0 Å². The van der Waals surface area contributed by atoms with Crippen LogP contribution in [0.3, 0.4) is 0 Å². The first-order chi connectivity index (χ1) is 13.2. The minimum absolute atomic E-state index is 0.221. The van der Waals surface area contributed by atoms with Gasteiger partial charge in [-0.25, -0.2) is 8.42 Å². The highest BCUT2D eigenvalue weighted by Gasteiger charge is 2.30. The second-order valence-corrected chi connectivity index (χ2v) is 9.62. The third kappa shape index (κ3) is 4.50. The van der Waals surface area contributed by atoms with Gasteiger partial charge in [-0.2, -0.15) is 0 Å². The molecule has 0 heterocycles. The number of hydrogen-bond acceptors (Lipinski definition) is 3. The smallest absolute Gasteiger partial charge is 0.244 e. The van der Waals surface area contributed by atoms with Crippen LogP contribution in [0.5, 0.6) is 0 Å². The molecule has 2 aromatic rings. The maximum absolute atomic E-state index is 12.9. The number of nitrogens with one attached hydrogen (secondary N) is 1. The third-order valence-corrected chi connectivity index (χ3v) is 6.61. The lowest BCUT2D eigenvalue weighted by Crippen LogP contribution is -2.48. The van der Waals surface area contributed by atoms with E-state index in [4.69, 9.17) is 11.6 Å². The van der Waals surface area contributed by atoms with Gasteiger partial charge in [0, 0.05) is 5.02 Å². The predicted octanol–water partition coefficient (Wildman–Crippen LogP) is 3.86. The van der Waals surface area contributed by atoms with E-state index < -0.39 is 16.1 Å². The van der Waals surface area contributed by atoms with Crippen LogP contribution in [-0.2, 0) is 27.7 Å². The zero-order valence-corrected chi connectivity index (χ0v) is 17.8. The number of rotatable bonds is 6. The molecule has 0 aromatic heterocycles. The van der Waals surface area contributed by atoms with Gasteiger partial charge in [0.2, 0.25) is 15.9 Å². The fourth-order valence-electron chi connectivity index (χ4n) is 3.70. The molecule has 5 nitrogen and oxygen atoms in total. The first-order valence-electron chi connectivity index (χ1n) is 9.34. The summed E-state index contributed by atoms with van der Waals surface area (Å²) in [4.78, 5) is 12.9. The number of sulfonamides is 1. The number of fused-ring (bicyclic) bond motifs is 1. The van der Waals surface area contributed by atoms with Crippen molar-refractivity contribution in [3.8, 4) is 0 Å². The molecule has 3 rings (SSSR count). The molecule has 0 saturated carbocycles. The normalized spacial score (nSPS) is 15.6. The number of hydrogen-bond donors (Lipinski definition) is 1. The Morgan fingerprint density at radius 1 is 1.11 bits per heavy atom. The lowest BCUT2D eigenvalue weighted by molar-refractivity contribution is -0.122. The van der Waals surface area contributed by atoms with Gasteiger partial charge in [0.15, 0.2) is 0 Å². The Morgan fingerprint density at radius 3 is 2.50 bits per heavy atom. The number of anilines is 1. The minimum atomic E-state index is -3.67. The second kappa shape index (κ2) is 8.13. The Kier molecular flexibility index (Phi) is 6.01. The van der Waals surface area contributed by atoms with E-state index in [1.807, 2.05) is 13.0 Å². The maximum atomic E-state index is 12.9. The monoisotopic (exact) mass is 420 g/mol. The van der Waals surface area contributed by atoms with E-state index in [2.05, 4.69) is 17.4 Å². The molecule has 0 aliphatic heterocycles. The summed E-state index contributed by atoms with van der Waals surface area (Å²) in [6.45, 7) is 3.48. The Morgan fingerprint density at radius 2 is 1.82 bits per heavy atom. The summed E-state index contributed by atoms with van der Waals surface area (Å²) in [5, 5.41) is 3.35. The molecule has 0 saturated heterocycles. The first kappa shape index (κ1) is 20.7. The number of carbonyl (C=O) groups excluding carboxylic acids is 1. The highest BCUT2D eigenvalue weighted by atomic mass is 35.5. The molecular weight excluding hydrogens is 396 g/mol. The quantitative estimate of drug-likeness (QED) is 0.771. The van der Waals surface area contributed by atoms with E-state index in [1.165, 1.54) is 23.6 Å². The van der Waals surface area contributed by atoms with E-state index >= 15 is 0 Å². The van der Waals surface area contributed by atoms with Crippen molar-refractivity contribution in [2.24, 2.45) is 0 Å². The van der Waals surface area contributed by atoms with Crippen LogP contribution in [0.1, 0.15) is 43.0 Å². The van der Waals surface area contributed by atoms with Crippen molar-refractivity contribution < 1.29 is 13.2 Å². The molecule has 0 spiro atoms. The lowest BCUT2D eigenvalue weighted by Gasteiger charge is -2.29. The number of halogens is 1. The Bertz CT molecular complexity index is 991. The van der Waals surface area contributed by atoms with Crippen LogP contribution in [-0.4, -0.2) is 26.6 Å². The number of carbonyl (C=O) groups is 1. The van der Waals surface area contributed by atoms with Crippen molar-refractivity contribution in [2.45, 2.75) is 45.2 Å². The molecule has 1 amide bonds. The van der Waals surface area contributed by atoms with Crippen molar-refractivity contribution in [2.75, 3.05) is 10.6 Å². The van der Waals surface area contributed by atoms with Crippen LogP contribution in [0, 0.1) is 0 Å². The van der Waals surface area contributed by atoms with E-state index in [9.17, 15) is 13.2 Å². The van der Waals surface area contributed by atoms with E-state index in [0.29, 0.717) is 10.7 Å². The largest absolute Gasteiger partial charge is 0.348 e. The van der Waals surface area contributed by atoms with Gasteiger partial charge in [-0.3, -0.25) is 9.10 Å². The lowest BCUT2D eigenvalue weighted by atomic mass is 10.0. The Labute approximate surface area is 171 Å². The van der Waals surface area contributed by atoms with Crippen LogP contribution in [0.15, 0.2) is 42.5 Å². The van der Waals surface area contributed by atoms with E-state index in [1.54, 1.807) is 25.1 Å². The molecule has 150 valence electrons. The molecule has 1 aliphatic rings. The molecule has 2 atom stereocenters. The van der Waals surface area contributed by atoms with Gasteiger partial charge in [-0.05, 0) is 68.0 Å². The van der Waals surface area contributed by atoms with Crippen LogP contribution < -0.4 is 9.62 Å². The van der Waals surface area contributed by atoms with Crippen molar-refractivity contribution >= 4 is 33.2 Å². The fourth-order valence-corrected chi connectivity index (χ4v) is 5.05. The van der Waals surface area contributed by atoms with Crippen molar-refractivity contribution in [1.29, 1.82) is 0 Å². The molecule has 0 unspecified atom stereocenters. The molecule has 28 heavy (non-hydrogen) atoms. The van der Waals surface area contributed by atoms with Crippen molar-refractivity contribution in [1.82, 2.24) is 5.32 Å². The topological polar surface area (TPSA) is 66.5 Å². The van der Waals surface area contributed by atoms with Gasteiger partial charge in [0.1, 0.15) is 6.04 Å². The Hall–Kier alpha value is -2.05. The van der Waals surface area contributed by atoms with E-state index in [0.717, 1.165) is 29.0 Å². The summed E-state index contributed by atoms with van der Waals surface area (Å²) in [5.74, 6) is -0.363. The summed E-state index contributed by atoms with van der Waals surface area (Å²) < 4.78 is 25.9. The molecule has 0 bridgehead atoms. The summed E-state index contributed by atoms with van der Waals surface area (Å²) in [5.41, 5.74) is 4.10. The zero-order chi connectivity index (χ0) is 20.5. The zero-order valence-electron chi connectivity index (χ0n) is 16.3. The van der Waals surface area contributed by atoms with Gasteiger partial charge < -0.3 is 5.32 Å². The molecule has 0 radical (unpaired) electrons. The highest BCUT2D eigenvalue weighted by Crippen LogP contribution is 2.27. The predicted molar refractivity (Wildman–Crippen MR) is 113 cm³/mol. The average molecular weight is 421 g/mol. The van der Waals surface area contributed by atoms with Crippen molar-refractivity contribution in [3.63, 3.8) is 0 Å². The number of benzene rings is 2. The summed E-state index contributed by atoms with van der Waals surface area (Å²) in [6, 6.07) is 11.6. The SMILES string of the molecule is C[C@H](C(=O)N[C@H](C)c1ccc2c(c1)CCC2)N(c1cccc(Cl)c1)S(C)(=O)=O. The standard InChI is InChI=1S/C21H25ClN2O3S/c1-14(17-11-10-16-6-4-7-18(16)12-17)23-21(25)15(2)24(28(3,26)27)20-9-5-8-19(22)13-20/h5,8-15H,4,6-7H2,1-3H3,(H,23,25)/t14-,15-/m1/s1. The molecule has 1 N–H and O–H groups in total. The molecule has 1 aliphatic carbocycles. The fraction of sp³-hybridized carbons (Fsp3) is 0.381. The minimum Gasteiger partial charge on any atom is -0.348 e. The van der Waals surface area contributed by atoms with Crippen LogP contribution in [0.2, 0.25) is 5.02 Å². The third-order valence-electron chi connectivity index (χ3n) is 5.13. The van der Waals surface area contributed by atoms with Crippen LogP contribution in [0.25, 0.3) is 0 Å². The van der Waals surface area contributed by atoms with Gasteiger partial charge in [0.25, 0.3) is 0 Å². The highest BCUT2D eigenvalue weighted by molar-refractivity contribution is 7.92. The van der Waals surface area contributed by atoms with Gasteiger partial charge in [-0.15, -0.1) is 0 Å². The number of nitrogens with zero attached hydrogens (tertiary/aromatic N) is 1. The molecule has 0 fully saturated rings. The second-order valence-electron chi connectivity index (χ2n) is 7.33. The average Bonchev–Trinajstić information content (AvgIpc) is 3.08. The summed E-state index contributed by atoms with van der Waals surface area (Å²) >= 11 is 6.01. The molecule has 2 aromatic carbocycles. The Balaban J connectivity index is 1.79. The molecule has 7 heteroatoms. The summed E-state index contributed by atoms with van der Waals surface area (Å²) in [6.07, 6.45) is 4.42. The number of aryl methyl sites for hydroxylation is 2. The van der Waals surface area contributed by atoms with Crippen LogP contribution >= 0.6 is 11.6 Å². The maximum Gasteiger partial charge on any atom is 0.244 e. The van der Waals surface area contributed by atoms with Crippen molar-refractivity contribution in [3.05, 3.63) is 64.2 Å². The number of amides is 1. The molecular formula is C21H25ClN2O3S. The van der Waals surface area contributed by atoms with Gasteiger partial charge in [-0.1, -0.05) is 35.9 Å². The van der Waals surface area contributed by atoms with Gasteiger partial charge in [0.05, 0.1) is 18.0 Å². The first-order valence-corrected chi connectivity index (χ1v) is 11.6. The van der Waals surface area contributed by atoms with Crippen LogP contribution in [0.4, 0.5) is 5.69 Å².